The molecule has 1 fully saturated rings. The summed E-state index contributed by atoms with van der Waals surface area (Å²) in [6.07, 6.45) is -5.56. The lowest BCUT2D eigenvalue weighted by Gasteiger charge is -2.31. The van der Waals surface area contributed by atoms with Crippen molar-refractivity contribution in [2.45, 2.75) is 44.1 Å². The number of nitrogens with one attached hydrogen (secondary N) is 1. The number of hydrogen-bond acceptors (Lipinski definition) is 6. The van der Waals surface area contributed by atoms with E-state index in [9.17, 15) is 36.7 Å². The highest BCUT2D eigenvalue weighted by atomic mass is 19.4. The van der Waals surface area contributed by atoms with Crippen molar-refractivity contribution in [3.63, 3.8) is 0 Å². The average molecular weight is 608 g/mol. The number of likely N-dealkylation sites (N-methyl/N-ethyl adjacent to an activating group) is 1. The molecule has 0 aromatic heterocycles. The monoisotopic (exact) mass is 607 g/mol. The average Bonchev–Trinajstić information content (AvgIpc) is 3.43. The molecule has 1 spiro atoms. The molecule has 2 aromatic carbocycles. The number of aryl methyl sites for hydroxylation is 1. The van der Waals surface area contributed by atoms with Crippen LogP contribution in [0.15, 0.2) is 42.5 Å². The number of halogens is 4. The van der Waals surface area contributed by atoms with Crippen molar-refractivity contribution in [2.24, 2.45) is 0 Å². The summed E-state index contributed by atoms with van der Waals surface area (Å²) in [5.41, 5.74) is 0.118. The first kappa shape index (κ1) is 31.7. The van der Waals surface area contributed by atoms with Crippen LogP contribution in [-0.2, 0) is 32.9 Å². The molecule has 2 aliphatic rings. The van der Waals surface area contributed by atoms with Crippen LogP contribution in [-0.4, -0.2) is 91.6 Å². The molecule has 4 rings (SSSR count). The van der Waals surface area contributed by atoms with Gasteiger partial charge < -0.3 is 19.9 Å². The van der Waals surface area contributed by atoms with Gasteiger partial charge in [-0.1, -0.05) is 18.2 Å². The number of rotatable bonds is 9. The Labute approximate surface area is 246 Å². The maximum Gasteiger partial charge on any atom is 0.418 e. The van der Waals surface area contributed by atoms with Crippen LogP contribution in [0.3, 0.4) is 0 Å². The second-order valence-corrected chi connectivity index (χ2v) is 10.8. The quantitative estimate of drug-likeness (QED) is 0.437. The fourth-order valence-electron chi connectivity index (χ4n) is 5.22. The van der Waals surface area contributed by atoms with Gasteiger partial charge in [0.1, 0.15) is 18.4 Å². The standard InChI is InChI=1S/C29H33F4N5O5/c1-18(29(31,32)33)37(16-19-5-7-21(30)8-6-19)24(39)17-38-25(40)28(43-27(38)42)12-11-20-15-22(9-10-23(20)28)36(26(41)34-2)14-13-35(3)4/h5-10,15,18H,11-14,16-17H2,1-4H3,(H,34,41)/t18-,28+/m0/s1. The molecule has 1 aliphatic heterocycles. The zero-order valence-corrected chi connectivity index (χ0v) is 24.2. The first-order valence-corrected chi connectivity index (χ1v) is 13.6. The minimum absolute atomic E-state index is 0.0664. The maximum atomic E-state index is 13.7. The van der Waals surface area contributed by atoms with Crippen LogP contribution in [0.5, 0.6) is 0 Å². The van der Waals surface area contributed by atoms with Crippen molar-refractivity contribution in [2.75, 3.05) is 45.7 Å². The van der Waals surface area contributed by atoms with Crippen LogP contribution in [0.1, 0.15) is 30.0 Å². The zero-order valence-electron chi connectivity index (χ0n) is 24.2. The summed E-state index contributed by atoms with van der Waals surface area (Å²) in [5.74, 6) is -2.58. The Morgan fingerprint density at radius 2 is 1.77 bits per heavy atom. The Kier molecular flexibility index (Phi) is 9.00. The van der Waals surface area contributed by atoms with E-state index in [4.69, 9.17) is 4.74 Å². The highest BCUT2D eigenvalue weighted by molar-refractivity contribution is 6.06. The molecule has 2 aromatic rings. The molecule has 1 saturated heterocycles. The van der Waals surface area contributed by atoms with Crippen molar-refractivity contribution in [1.29, 1.82) is 0 Å². The van der Waals surface area contributed by atoms with Gasteiger partial charge in [-0.25, -0.2) is 18.9 Å². The number of anilines is 1. The van der Waals surface area contributed by atoms with Crippen LogP contribution in [0.2, 0.25) is 0 Å². The predicted molar refractivity (Wildman–Crippen MR) is 147 cm³/mol. The van der Waals surface area contributed by atoms with E-state index in [1.165, 1.54) is 24.1 Å². The summed E-state index contributed by atoms with van der Waals surface area (Å²) in [4.78, 5) is 56.8. The smallest absolute Gasteiger partial charge is 0.418 e. The lowest BCUT2D eigenvalue weighted by molar-refractivity contribution is -0.187. The summed E-state index contributed by atoms with van der Waals surface area (Å²) in [7, 11) is 5.25. The fraction of sp³-hybridized carbons (Fsp3) is 0.448. The molecule has 0 unspecified atom stereocenters. The maximum absolute atomic E-state index is 13.7. The number of hydrogen-bond donors (Lipinski definition) is 1. The van der Waals surface area contributed by atoms with Crippen LogP contribution in [0.4, 0.5) is 32.8 Å². The van der Waals surface area contributed by atoms with E-state index in [1.807, 2.05) is 19.0 Å². The Morgan fingerprint density at radius 1 is 1.09 bits per heavy atom. The van der Waals surface area contributed by atoms with E-state index >= 15 is 0 Å². The van der Waals surface area contributed by atoms with Gasteiger partial charge in [0.05, 0.1) is 0 Å². The number of benzene rings is 2. The van der Waals surface area contributed by atoms with Gasteiger partial charge in [0.25, 0.3) is 5.91 Å². The summed E-state index contributed by atoms with van der Waals surface area (Å²) in [6.45, 7) is 0.259. The molecule has 1 aliphatic carbocycles. The number of imide groups is 1. The van der Waals surface area contributed by atoms with E-state index in [-0.39, 0.29) is 18.0 Å². The molecule has 0 saturated carbocycles. The van der Waals surface area contributed by atoms with Crippen molar-refractivity contribution in [1.82, 2.24) is 20.0 Å². The molecule has 43 heavy (non-hydrogen) atoms. The summed E-state index contributed by atoms with van der Waals surface area (Å²) >= 11 is 0. The third-order valence-corrected chi connectivity index (χ3v) is 7.71. The molecule has 0 bridgehead atoms. The highest BCUT2D eigenvalue weighted by Crippen LogP contribution is 2.46. The third kappa shape index (κ3) is 6.43. The largest absolute Gasteiger partial charge is 0.427 e. The van der Waals surface area contributed by atoms with E-state index in [2.05, 4.69) is 5.32 Å². The van der Waals surface area contributed by atoms with Crippen molar-refractivity contribution >= 4 is 29.6 Å². The minimum atomic E-state index is -4.80. The van der Waals surface area contributed by atoms with Crippen molar-refractivity contribution in [3.05, 3.63) is 65.0 Å². The third-order valence-electron chi connectivity index (χ3n) is 7.71. The molecule has 1 heterocycles. The number of nitrogens with zero attached hydrogens (tertiary/aromatic N) is 4. The van der Waals surface area contributed by atoms with Gasteiger partial charge in [0.15, 0.2) is 0 Å². The normalized spacial score (nSPS) is 18.6. The van der Waals surface area contributed by atoms with Gasteiger partial charge in [-0.05, 0) is 62.8 Å². The number of urea groups is 1. The first-order chi connectivity index (χ1) is 20.2. The van der Waals surface area contributed by atoms with Gasteiger partial charge in [-0.15, -0.1) is 0 Å². The molecular weight excluding hydrogens is 574 g/mol. The van der Waals surface area contributed by atoms with E-state index in [0.717, 1.165) is 19.1 Å². The van der Waals surface area contributed by atoms with Gasteiger partial charge in [-0.2, -0.15) is 13.2 Å². The summed E-state index contributed by atoms with van der Waals surface area (Å²) in [6, 6.07) is 6.97. The Balaban J connectivity index is 1.57. The number of carbonyl (C=O) groups is 4. The van der Waals surface area contributed by atoms with Crippen LogP contribution < -0.4 is 10.2 Å². The molecule has 10 nitrogen and oxygen atoms in total. The number of alkyl halides is 3. The fourth-order valence-corrected chi connectivity index (χ4v) is 5.22. The Bertz CT molecular complexity index is 1400. The molecule has 1 N–H and O–H groups in total. The molecule has 14 heteroatoms. The highest BCUT2D eigenvalue weighted by Gasteiger charge is 2.58. The van der Waals surface area contributed by atoms with Gasteiger partial charge in [0, 0.05) is 44.4 Å². The second kappa shape index (κ2) is 12.2. The van der Waals surface area contributed by atoms with Crippen molar-refractivity contribution < 1.29 is 41.5 Å². The Hall–Kier alpha value is -4.20. The zero-order chi connectivity index (χ0) is 31.7. The van der Waals surface area contributed by atoms with Gasteiger partial charge >= 0.3 is 18.3 Å². The number of carbonyl (C=O) groups excluding carboxylic acids is 4. The molecule has 2 atom stereocenters. The van der Waals surface area contributed by atoms with E-state index in [1.54, 1.807) is 18.2 Å². The number of amides is 5. The van der Waals surface area contributed by atoms with Crippen LogP contribution in [0.25, 0.3) is 0 Å². The topological polar surface area (TPSA) is 102 Å². The predicted octanol–water partition coefficient (Wildman–Crippen LogP) is 3.63. The Morgan fingerprint density at radius 3 is 2.37 bits per heavy atom. The van der Waals surface area contributed by atoms with E-state index < -0.39 is 54.6 Å². The second-order valence-electron chi connectivity index (χ2n) is 10.8. The number of fused-ring (bicyclic) bond motifs is 2. The summed E-state index contributed by atoms with van der Waals surface area (Å²) < 4.78 is 60.0. The van der Waals surface area contributed by atoms with Crippen LogP contribution in [0, 0.1) is 5.82 Å². The van der Waals surface area contributed by atoms with E-state index in [0.29, 0.717) is 46.1 Å². The first-order valence-electron chi connectivity index (χ1n) is 13.6. The molecule has 232 valence electrons. The van der Waals surface area contributed by atoms with Gasteiger partial charge in [-0.3, -0.25) is 14.5 Å². The summed E-state index contributed by atoms with van der Waals surface area (Å²) in [5, 5.41) is 2.60. The van der Waals surface area contributed by atoms with Crippen LogP contribution >= 0.6 is 0 Å². The lowest BCUT2D eigenvalue weighted by Crippen LogP contribution is -2.51. The minimum Gasteiger partial charge on any atom is -0.427 e. The molecule has 0 radical (unpaired) electrons. The van der Waals surface area contributed by atoms with Crippen molar-refractivity contribution in [3.8, 4) is 0 Å². The molecule has 5 amide bonds. The SMILES string of the molecule is CNC(=O)N(CCN(C)C)c1ccc2c(c1)CC[C@@]21OC(=O)N(CC(=O)N(Cc2ccc(F)cc2)[C@@H](C)C(F)(F)F)C1=O. The number of ether oxygens (including phenoxy) is 1. The van der Waals surface area contributed by atoms with Gasteiger partial charge in [0.2, 0.25) is 11.5 Å². The lowest BCUT2D eigenvalue weighted by atomic mass is 9.94. The molecular formula is C29H33F4N5O5.